The predicted molar refractivity (Wildman–Crippen MR) is 112 cm³/mol. The molecule has 0 saturated heterocycles. The number of amides is 1. The highest BCUT2D eigenvalue weighted by molar-refractivity contribution is 7.10. The lowest BCUT2D eigenvalue weighted by atomic mass is 10.2. The Morgan fingerprint density at radius 3 is 2.59 bits per heavy atom. The van der Waals surface area contributed by atoms with Gasteiger partial charge in [0, 0.05) is 24.4 Å². The van der Waals surface area contributed by atoms with E-state index < -0.39 is 0 Å². The van der Waals surface area contributed by atoms with Crippen molar-refractivity contribution in [1.29, 1.82) is 0 Å². The summed E-state index contributed by atoms with van der Waals surface area (Å²) in [5.74, 6) is 0.0172. The fourth-order valence-electron chi connectivity index (χ4n) is 3.03. The number of thiophene rings is 1. The van der Waals surface area contributed by atoms with E-state index in [0.717, 1.165) is 29.3 Å². The van der Waals surface area contributed by atoms with Crippen molar-refractivity contribution in [2.45, 2.75) is 33.7 Å². The van der Waals surface area contributed by atoms with Crippen LogP contribution in [0.4, 0.5) is 5.69 Å². The highest BCUT2D eigenvalue weighted by atomic mass is 32.1. The predicted octanol–water partition coefficient (Wildman–Crippen LogP) is 4.32. The first-order valence-electron chi connectivity index (χ1n) is 9.08. The Kier molecular flexibility index (Phi) is 6.08. The second kappa shape index (κ2) is 8.50. The number of nitrogens with zero attached hydrogens (tertiary/aromatic N) is 3. The molecular formula is C21H26N4OS. The van der Waals surface area contributed by atoms with Gasteiger partial charge in [0.15, 0.2) is 0 Å². The van der Waals surface area contributed by atoms with Crippen molar-refractivity contribution in [3.63, 3.8) is 0 Å². The molecule has 2 heterocycles. The lowest BCUT2D eigenvalue weighted by Gasteiger charge is -2.16. The minimum absolute atomic E-state index is 0.0172. The lowest BCUT2D eigenvalue weighted by Crippen LogP contribution is -2.24. The van der Waals surface area contributed by atoms with Gasteiger partial charge < -0.3 is 10.2 Å². The molecular weight excluding hydrogens is 356 g/mol. The number of rotatable bonds is 7. The third-order valence-corrected chi connectivity index (χ3v) is 5.67. The molecule has 0 radical (unpaired) electrons. The van der Waals surface area contributed by atoms with E-state index in [1.165, 1.54) is 10.4 Å². The van der Waals surface area contributed by atoms with E-state index >= 15 is 0 Å². The van der Waals surface area contributed by atoms with Crippen molar-refractivity contribution in [3.05, 3.63) is 63.6 Å². The molecule has 1 N–H and O–H groups in total. The quantitative estimate of drug-likeness (QED) is 0.662. The number of carbonyl (C=O) groups is 1. The van der Waals surface area contributed by atoms with Crippen molar-refractivity contribution in [2.24, 2.45) is 0 Å². The van der Waals surface area contributed by atoms with E-state index in [0.29, 0.717) is 13.0 Å². The topological polar surface area (TPSA) is 50.2 Å². The van der Waals surface area contributed by atoms with Gasteiger partial charge in [-0.2, -0.15) is 5.10 Å². The third kappa shape index (κ3) is 4.64. The van der Waals surface area contributed by atoms with E-state index in [2.05, 4.69) is 40.7 Å². The molecule has 0 aliphatic carbocycles. The second-order valence-electron chi connectivity index (χ2n) is 6.86. The molecule has 1 amide bonds. The van der Waals surface area contributed by atoms with Crippen molar-refractivity contribution >= 4 is 22.9 Å². The zero-order valence-corrected chi connectivity index (χ0v) is 17.1. The molecule has 1 aromatic carbocycles. The Bertz CT molecular complexity index is 914. The zero-order valence-electron chi connectivity index (χ0n) is 16.3. The standard InChI is InChI=1S/C21H26N4OS/c1-15-11-13-27-19(15)14-24(4)12-10-20(26)22-21-16(2)23-25(17(21)3)18-8-6-5-7-9-18/h5-9,11,13H,10,12,14H2,1-4H3,(H,22,26). The lowest BCUT2D eigenvalue weighted by molar-refractivity contribution is -0.116. The van der Waals surface area contributed by atoms with Crippen molar-refractivity contribution < 1.29 is 4.79 Å². The summed E-state index contributed by atoms with van der Waals surface area (Å²) in [7, 11) is 2.05. The van der Waals surface area contributed by atoms with Crippen molar-refractivity contribution in [1.82, 2.24) is 14.7 Å². The number of aromatic nitrogens is 2. The van der Waals surface area contributed by atoms with Crippen LogP contribution in [0.15, 0.2) is 41.8 Å². The van der Waals surface area contributed by atoms with Gasteiger partial charge in [0.2, 0.25) is 5.91 Å². The van der Waals surface area contributed by atoms with Crippen LogP contribution in [0.1, 0.15) is 28.2 Å². The fourth-order valence-corrected chi connectivity index (χ4v) is 4.01. The smallest absolute Gasteiger partial charge is 0.225 e. The average molecular weight is 383 g/mol. The Hall–Kier alpha value is -2.44. The molecule has 3 rings (SSSR count). The number of anilines is 1. The normalized spacial score (nSPS) is 11.1. The van der Waals surface area contributed by atoms with Crippen LogP contribution in [0.5, 0.6) is 0 Å². The van der Waals surface area contributed by atoms with Crippen LogP contribution in [0.25, 0.3) is 5.69 Å². The van der Waals surface area contributed by atoms with Gasteiger partial charge in [0.1, 0.15) is 0 Å². The monoisotopic (exact) mass is 382 g/mol. The number of nitrogens with one attached hydrogen (secondary N) is 1. The average Bonchev–Trinajstić information content (AvgIpc) is 3.18. The van der Waals surface area contributed by atoms with Crippen molar-refractivity contribution in [2.75, 3.05) is 18.9 Å². The van der Waals surface area contributed by atoms with Gasteiger partial charge in [-0.05, 0) is 57.0 Å². The Balaban J connectivity index is 1.59. The van der Waals surface area contributed by atoms with E-state index in [1.807, 2.05) is 48.9 Å². The molecule has 2 aromatic heterocycles. The summed E-state index contributed by atoms with van der Waals surface area (Å²) in [6.45, 7) is 7.62. The zero-order chi connectivity index (χ0) is 19.4. The summed E-state index contributed by atoms with van der Waals surface area (Å²) in [5.41, 5.74) is 4.88. The van der Waals surface area contributed by atoms with Gasteiger partial charge in [0.25, 0.3) is 0 Å². The molecule has 0 aliphatic rings. The summed E-state index contributed by atoms with van der Waals surface area (Å²) in [6, 6.07) is 12.1. The molecule has 0 aliphatic heterocycles. The van der Waals surface area contributed by atoms with Crippen LogP contribution in [0.3, 0.4) is 0 Å². The molecule has 3 aromatic rings. The molecule has 27 heavy (non-hydrogen) atoms. The summed E-state index contributed by atoms with van der Waals surface area (Å²) in [4.78, 5) is 16.0. The molecule has 0 atom stereocenters. The first-order chi connectivity index (χ1) is 13.0. The fraction of sp³-hybridized carbons (Fsp3) is 0.333. The van der Waals surface area contributed by atoms with Crippen LogP contribution in [-0.4, -0.2) is 34.2 Å². The van der Waals surface area contributed by atoms with E-state index in [1.54, 1.807) is 11.3 Å². The van der Waals surface area contributed by atoms with Crippen molar-refractivity contribution in [3.8, 4) is 5.69 Å². The van der Waals surface area contributed by atoms with E-state index in [9.17, 15) is 4.79 Å². The Labute approximate surface area is 164 Å². The minimum Gasteiger partial charge on any atom is -0.323 e. The first-order valence-corrected chi connectivity index (χ1v) is 9.96. The van der Waals surface area contributed by atoms with Gasteiger partial charge in [-0.25, -0.2) is 4.68 Å². The highest BCUT2D eigenvalue weighted by Gasteiger charge is 2.15. The summed E-state index contributed by atoms with van der Waals surface area (Å²) >= 11 is 1.77. The van der Waals surface area contributed by atoms with Crippen LogP contribution in [0, 0.1) is 20.8 Å². The number of carbonyl (C=O) groups excluding carboxylic acids is 1. The van der Waals surface area contributed by atoms with Gasteiger partial charge in [-0.1, -0.05) is 18.2 Å². The molecule has 0 spiro atoms. The van der Waals surface area contributed by atoms with E-state index in [-0.39, 0.29) is 5.91 Å². The van der Waals surface area contributed by atoms with Gasteiger partial charge in [-0.3, -0.25) is 4.79 Å². The third-order valence-electron chi connectivity index (χ3n) is 4.66. The largest absolute Gasteiger partial charge is 0.323 e. The molecule has 0 fully saturated rings. The summed E-state index contributed by atoms with van der Waals surface area (Å²) in [5, 5.41) is 9.74. The second-order valence-corrected chi connectivity index (χ2v) is 7.86. The van der Waals surface area contributed by atoms with Gasteiger partial charge in [0.05, 0.1) is 22.8 Å². The molecule has 142 valence electrons. The summed E-state index contributed by atoms with van der Waals surface area (Å²) < 4.78 is 1.87. The first kappa shape index (κ1) is 19.3. The molecule has 5 nitrogen and oxygen atoms in total. The van der Waals surface area contributed by atoms with Gasteiger partial charge >= 0.3 is 0 Å². The van der Waals surface area contributed by atoms with Crippen LogP contribution in [0.2, 0.25) is 0 Å². The maximum atomic E-state index is 12.5. The molecule has 0 saturated carbocycles. The van der Waals surface area contributed by atoms with Crippen LogP contribution < -0.4 is 5.32 Å². The number of para-hydroxylation sites is 1. The van der Waals surface area contributed by atoms with Crippen LogP contribution in [-0.2, 0) is 11.3 Å². The highest BCUT2D eigenvalue weighted by Crippen LogP contribution is 2.23. The number of hydrogen-bond donors (Lipinski definition) is 1. The molecule has 0 bridgehead atoms. The number of hydrogen-bond acceptors (Lipinski definition) is 4. The van der Waals surface area contributed by atoms with E-state index in [4.69, 9.17) is 0 Å². The van der Waals surface area contributed by atoms with Gasteiger partial charge in [-0.15, -0.1) is 11.3 Å². The summed E-state index contributed by atoms with van der Waals surface area (Å²) in [6.07, 6.45) is 0.455. The molecule has 0 unspecified atom stereocenters. The SMILES string of the molecule is Cc1ccsc1CN(C)CCC(=O)Nc1c(C)nn(-c2ccccc2)c1C. The maximum Gasteiger partial charge on any atom is 0.225 e. The number of aryl methyl sites for hydroxylation is 2. The number of benzene rings is 1. The Morgan fingerprint density at radius 1 is 1.19 bits per heavy atom. The van der Waals surface area contributed by atoms with Crippen LogP contribution >= 0.6 is 11.3 Å². The maximum absolute atomic E-state index is 12.5. The minimum atomic E-state index is 0.0172. The molecule has 6 heteroatoms. The Morgan fingerprint density at radius 2 is 1.93 bits per heavy atom.